The largest absolute Gasteiger partial charge is 0.486 e. The molecule has 0 spiro atoms. The summed E-state index contributed by atoms with van der Waals surface area (Å²) in [6.45, 7) is 5.95. The molecular formula is C20H32N4O2. The second-order valence-corrected chi connectivity index (χ2v) is 7.06. The summed E-state index contributed by atoms with van der Waals surface area (Å²) in [5, 5.41) is 6.74. The number of rotatable bonds is 7. The molecule has 6 nitrogen and oxygen atoms in total. The van der Waals surface area contributed by atoms with Crippen molar-refractivity contribution in [1.29, 1.82) is 0 Å². The van der Waals surface area contributed by atoms with E-state index in [2.05, 4.69) is 34.5 Å². The molecular weight excluding hydrogens is 328 g/mol. The van der Waals surface area contributed by atoms with Crippen molar-refractivity contribution >= 4 is 5.96 Å². The third-order valence-electron chi connectivity index (χ3n) is 5.07. The van der Waals surface area contributed by atoms with Gasteiger partial charge in [-0.2, -0.15) is 0 Å². The summed E-state index contributed by atoms with van der Waals surface area (Å²) in [5.74, 6) is 2.46. The number of ether oxygens (including phenoxy) is 2. The first kappa shape index (κ1) is 18.8. The summed E-state index contributed by atoms with van der Waals surface area (Å²) in [6, 6.07) is 8.54. The van der Waals surface area contributed by atoms with Crippen molar-refractivity contribution in [3.8, 4) is 11.5 Å². The van der Waals surface area contributed by atoms with Crippen molar-refractivity contribution in [1.82, 2.24) is 15.5 Å². The number of benzene rings is 1. The minimum atomic E-state index is -0.0541. The van der Waals surface area contributed by atoms with Crippen molar-refractivity contribution in [2.45, 2.75) is 44.8 Å². The number of fused-ring (bicyclic) bond motifs is 1. The van der Waals surface area contributed by atoms with Gasteiger partial charge >= 0.3 is 0 Å². The van der Waals surface area contributed by atoms with Gasteiger partial charge in [0.1, 0.15) is 6.61 Å². The van der Waals surface area contributed by atoms with Crippen LogP contribution >= 0.6 is 0 Å². The van der Waals surface area contributed by atoms with Gasteiger partial charge in [0.2, 0.25) is 0 Å². The van der Waals surface area contributed by atoms with E-state index in [0.29, 0.717) is 13.2 Å². The summed E-state index contributed by atoms with van der Waals surface area (Å²) < 4.78 is 11.7. The molecule has 1 aromatic carbocycles. The van der Waals surface area contributed by atoms with Crippen LogP contribution in [-0.4, -0.2) is 62.8 Å². The standard InChI is InChI=1S/C20H32N4O2/c1-3-21-20(22-12-13-24(2)16-8-4-5-9-16)23-14-17-15-25-18-10-6-7-11-19(18)26-17/h6-7,10-11,16-17H,3-5,8-9,12-15H2,1-2H3,(H2,21,22,23). The lowest BCUT2D eigenvalue weighted by molar-refractivity contribution is 0.0971. The van der Waals surface area contributed by atoms with E-state index in [4.69, 9.17) is 9.47 Å². The van der Waals surface area contributed by atoms with Crippen molar-refractivity contribution in [3.63, 3.8) is 0 Å². The van der Waals surface area contributed by atoms with Gasteiger partial charge in [-0.05, 0) is 38.9 Å². The minimum absolute atomic E-state index is 0.0541. The molecule has 0 amide bonds. The van der Waals surface area contributed by atoms with Crippen LogP contribution < -0.4 is 20.1 Å². The third-order valence-corrected chi connectivity index (χ3v) is 5.07. The molecule has 0 radical (unpaired) electrons. The van der Waals surface area contributed by atoms with E-state index in [-0.39, 0.29) is 6.10 Å². The Kier molecular flexibility index (Phi) is 7.00. The molecule has 26 heavy (non-hydrogen) atoms. The minimum Gasteiger partial charge on any atom is -0.486 e. The molecule has 0 aromatic heterocycles. The molecule has 1 aromatic rings. The Morgan fingerprint density at radius 3 is 2.73 bits per heavy atom. The number of hydrogen-bond donors (Lipinski definition) is 2. The highest BCUT2D eigenvalue weighted by atomic mass is 16.6. The fourth-order valence-electron chi connectivity index (χ4n) is 3.57. The molecule has 1 aliphatic heterocycles. The van der Waals surface area contributed by atoms with E-state index in [1.807, 2.05) is 24.3 Å². The maximum absolute atomic E-state index is 5.97. The first-order valence-corrected chi connectivity index (χ1v) is 9.87. The summed E-state index contributed by atoms with van der Waals surface area (Å²) in [4.78, 5) is 7.15. The van der Waals surface area contributed by atoms with Crippen molar-refractivity contribution < 1.29 is 9.47 Å². The lowest BCUT2D eigenvalue weighted by atomic mass is 10.2. The van der Waals surface area contributed by atoms with Gasteiger partial charge < -0.3 is 25.0 Å². The van der Waals surface area contributed by atoms with Gasteiger partial charge in [0.15, 0.2) is 23.6 Å². The Bertz CT molecular complexity index is 587. The van der Waals surface area contributed by atoms with Gasteiger partial charge in [-0.15, -0.1) is 0 Å². The lowest BCUT2D eigenvalue weighted by Gasteiger charge is -2.26. The van der Waals surface area contributed by atoms with Gasteiger partial charge in [-0.25, -0.2) is 4.99 Å². The summed E-state index contributed by atoms with van der Waals surface area (Å²) in [6.07, 6.45) is 5.37. The normalized spacial score (nSPS) is 20.4. The number of likely N-dealkylation sites (N-methyl/N-ethyl adjacent to an activating group) is 1. The number of guanidine groups is 1. The number of hydrogen-bond acceptors (Lipinski definition) is 4. The van der Waals surface area contributed by atoms with E-state index >= 15 is 0 Å². The summed E-state index contributed by atoms with van der Waals surface area (Å²) in [5.41, 5.74) is 0. The van der Waals surface area contributed by atoms with Crippen LogP contribution in [-0.2, 0) is 0 Å². The van der Waals surface area contributed by atoms with Crippen LogP contribution in [0.2, 0.25) is 0 Å². The molecule has 0 bridgehead atoms. The maximum atomic E-state index is 5.97. The topological polar surface area (TPSA) is 58.1 Å². The first-order chi connectivity index (χ1) is 12.8. The van der Waals surface area contributed by atoms with E-state index in [9.17, 15) is 0 Å². The summed E-state index contributed by atoms with van der Waals surface area (Å²) in [7, 11) is 2.23. The maximum Gasteiger partial charge on any atom is 0.191 e. The molecule has 1 fully saturated rings. The lowest BCUT2D eigenvalue weighted by Crippen LogP contribution is -2.43. The Balaban J connectivity index is 1.45. The smallest absolute Gasteiger partial charge is 0.191 e. The Hall–Kier alpha value is -1.95. The van der Waals surface area contributed by atoms with E-state index < -0.39 is 0 Å². The highest BCUT2D eigenvalue weighted by molar-refractivity contribution is 5.79. The SMILES string of the molecule is CCNC(=NCC1COc2ccccc2O1)NCCN(C)C1CCCC1. The van der Waals surface area contributed by atoms with Crippen LogP contribution in [0.1, 0.15) is 32.6 Å². The van der Waals surface area contributed by atoms with Gasteiger partial charge in [-0.1, -0.05) is 25.0 Å². The molecule has 1 saturated carbocycles. The van der Waals surface area contributed by atoms with Crippen LogP contribution in [0.25, 0.3) is 0 Å². The number of aliphatic imine (C=N–C) groups is 1. The molecule has 2 N–H and O–H groups in total. The number of nitrogens with zero attached hydrogens (tertiary/aromatic N) is 2. The van der Waals surface area contributed by atoms with Crippen molar-refractivity contribution in [2.24, 2.45) is 4.99 Å². The van der Waals surface area contributed by atoms with E-state index in [1.165, 1.54) is 25.7 Å². The van der Waals surface area contributed by atoms with Crippen molar-refractivity contribution in [2.75, 3.05) is 39.8 Å². The third kappa shape index (κ3) is 5.27. The van der Waals surface area contributed by atoms with Gasteiger partial charge in [0.05, 0.1) is 6.54 Å². The fraction of sp³-hybridized carbons (Fsp3) is 0.650. The predicted molar refractivity (Wildman–Crippen MR) is 105 cm³/mol. The molecule has 144 valence electrons. The van der Waals surface area contributed by atoms with E-state index in [0.717, 1.165) is 43.1 Å². The molecule has 3 rings (SSSR count). The quantitative estimate of drug-likeness (QED) is 0.577. The number of nitrogens with one attached hydrogen (secondary N) is 2. The van der Waals surface area contributed by atoms with Gasteiger partial charge in [0, 0.05) is 25.7 Å². The zero-order chi connectivity index (χ0) is 18.2. The molecule has 1 heterocycles. The van der Waals surface area contributed by atoms with E-state index in [1.54, 1.807) is 0 Å². The molecule has 1 aliphatic carbocycles. The fourth-order valence-corrected chi connectivity index (χ4v) is 3.57. The number of para-hydroxylation sites is 2. The first-order valence-electron chi connectivity index (χ1n) is 9.87. The second kappa shape index (κ2) is 9.67. The van der Waals surface area contributed by atoms with Crippen LogP contribution in [0.5, 0.6) is 11.5 Å². The average molecular weight is 361 g/mol. The average Bonchev–Trinajstić information content (AvgIpc) is 3.21. The highest BCUT2D eigenvalue weighted by Gasteiger charge is 2.21. The zero-order valence-electron chi connectivity index (χ0n) is 16.0. The Morgan fingerprint density at radius 2 is 1.96 bits per heavy atom. The Morgan fingerprint density at radius 1 is 1.19 bits per heavy atom. The monoisotopic (exact) mass is 360 g/mol. The summed E-state index contributed by atoms with van der Waals surface area (Å²) >= 11 is 0. The van der Waals surface area contributed by atoms with Gasteiger partial charge in [0.25, 0.3) is 0 Å². The Labute approximate surface area is 157 Å². The van der Waals surface area contributed by atoms with Crippen LogP contribution in [0.15, 0.2) is 29.3 Å². The molecule has 2 aliphatic rings. The van der Waals surface area contributed by atoms with Crippen LogP contribution in [0, 0.1) is 0 Å². The second-order valence-electron chi connectivity index (χ2n) is 7.06. The molecule has 1 atom stereocenters. The molecule has 1 unspecified atom stereocenters. The van der Waals surface area contributed by atoms with Crippen LogP contribution in [0.3, 0.4) is 0 Å². The highest BCUT2D eigenvalue weighted by Crippen LogP contribution is 2.30. The van der Waals surface area contributed by atoms with Gasteiger partial charge in [-0.3, -0.25) is 0 Å². The van der Waals surface area contributed by atoms with Crippen molar-refractivity contribution in [3.05, 3.63) is 24.3 Å². The van der Waals surface area contributed by atoms with Crippen LogP contribution in [0.4, 0.5) is 0 Å². The predicted octanol–water partition coefficient (Wildman–Crippen LogP) is 2.26. The molecule has 0 saturated heterocycles. The zero-order valence-corrected chi connectivity index (χ0v) is 16.0. The molecule has 6 heteroatoms.